The largest absolute Gasteiger partial charge is 0.472 e. The van der Waals surface area contributed by atoms with Gasteiger partial charge in [0.2, 0.25) is 0 Å². The molecule has 1 amide bonds. The van der Waals surface area contributed by atoms with E-state index in [4.69, 9.17) is 4.74 Å². The predicted molar refractivity (Wildman–Crippen MR) is 62.5 cm³/mol. The Kier molecular flexibility index (Phi) is 2.26. The molecule has 0 spiro atoms. The van der Waals surface area contributed by atoms with Gasteiger partial charge in [0.25, 0.3) is 11.6 Å². The standard InChI is InChI=1S/C12H12N2O4/c1-7-4-11-9(5-10(7)14(16)17)12(15)13(6-18-11)8-2-3-8/h4-5,8H,2-3,6H2,1H3. The molecule has 0 N–H and O–H groups in total. The normalized spacial score (nSPS) is 18.3. The second-order valence-corrected chi connectivity index (χ2v) is 4.67. The Morgan fingerprint density at radius 1 is 1.44 bits per heavy atom. The molecule has 1 heterocycles. The Bertz CT molecular complexity index is 551. The van der Waals surface area contributed by atoms with Crippen molar-refractivity contribution < 1.29 is 14.5 Å². The number of nitrogens with zero attached hydrogens (tertiary/aromatic N) is 2. The summed E-state index contributed by atoms with van der Waals surface area (Å²) in [5.41, 5.74) is 0.764. The van der Waals surface area contributed by atoms with E-state index >= 15 is 0 Å². The van der Waals surface area contributed by atoms with E-state index in [1.807, 2.05) is 0 Å². The van der Waals surface area contributed by atoms with E-state index in [1.165, 1.54) is 6.07 Å². The van der Waals surface area contributed by atoms with E-state index in [2.05, 4.69) is 0 Å². The topological polar surface area (TPSA) is 72.7 Å². The van der Waals surface area contributed by atoms with E-state index in [-0.39, 0.29) is 24.4 Å². The molecule has 0 aromatic heterocycles. The number of hydrogen-bond acceptors (Lipinski definition) is 4. The van der Waals surface area contributed by atoms with Crippen LogP contribution in [-0.2, 0) is 0 Å². The smallest absolute Gasteiger partial charge is 0.273 e. The molecule has 1 saturated carbocycles. The predicted octanol–water partition coefficient (Wildman–Crippen LogP) is 1.86. The van der Waals surface area contributed by atoms with Crippen LogP contribution in [0.4, 0.5) is 5.69 Å². The lowest BCUT2D eigenvalue weighted by Crippen LogP contribution is -2.40. The molecule has 0 bridgehead atoms. The minimum absolute atomic E-state index is 0.0386. The van der Waals surface area contributed by atoms with Gasteiger partial charge in [-0.15, -0.1) is 0 Å². The fraction of sp³-hybridized carbons (Fsp3) is 0.417. The zero-order valence-electron chi connectivity index (χ0n) is 9.88. The third kappa shape index (κ3) is 1.61. The van der Waals surface area contributed by atoms with Gasteiger partial charge >= 0.3 is 0 Å². The summed E-state index contributed by atoms with van der Waals surface area (Å²) in [7, 11) is 0. The SMILES string of the molecule is Cc1cc2c(cc1[N+](=O)[O-])C(=O)N(C1CC1)CO2. The van der Waals surface area contributed by atoms with Crippen LogP contribution in [0.5, 0.6) is 5.75 Å². The average molecular weight is 248 g/mol. The van der Waals surface area contributed by atoms with Crippen molar-refractivity contribution in [2.24, 2.45) is 0 Å². The maximum absolute atomic E-state index is 12.2. The van der Waals surface area contributed by atoms with Crippen molar-refractivity contribution in [1.29, 1.82) is 0 Å². The van der Waals surface area contributed by atoms with E-state index in [9.17, 15) is 14.9 Å². The van der Waals surface area contributed by atoms with Crippen LogP contribution in [-0.4, -0.2) is 28.5 Å². The number of carbonyl (C=O) groups excluding carboxylic acids is 1. The first-order valence-corrected chi connectivity index (χ1v) is 5.80. The van der Waals surface area contributed by atoms with Gasteiger partial charge in [-0.25, -0.2) is 0 Å². The summed E-state index contributed by atoms with van der Waals surface area (Å²) in [5, 5.41) is 10.9. The van der Waals surface area contributed by atoms with Crippen LogP contribution in [0.25, 0.3) is 0 Å². The number of amides is 1. The maximum atomic E-state index is 12.2. The molecule has 0 radical (unpaired) electrons. The second kappa shape index (κ2) is 3.69. The van der Waals surface area contributed by atoms with E-state index in [0.29, 0.717) is 16.9 Å². The number of carbonyl (C=O) groups is 1. The van der Waals surface area contributed by atoms with Gasteiger partial charge in [-0.3, -0.25) is 14.9 Å². The first kappa shape index (κ1) is 11.0. The van der Waals surface area contributed by atoms with Crippen molar-refractivity contribution in [2.75, 3.05) is 6.73 Å². The van der Waals surface area contributed by atoms with Crippen molar-refractivity contribution in [1.82, 2.24) is 4.90 Å². The molecular weight excluding hydrogens is 236 g/mol. The number of benzene rings is 1. The number of ether oxygens (including phenoxy) is 1. The zero-order valence-corrected chi connectivity index (χ0v) is 9.88. The van der Waals surface area contributed by atoms with Crippen molar-refractivity contribution in [3.8, 4) is 5.75 Å². The fourth-order valence-electron chi connectivity index (χ4n) is 2.16. The van der Waals surface area contributed by atoms with Crippen LogP contribution in [0.15, 0.2) is 12.1 Å². The van der Waals surface area contributed by atoms with Crippen molar-refractivity contribution in [2.45, 2.75) is 25.8 Å². The molecule has 0 unspecified atom stereocenters. The highest BCUT2D eigenvalue weighted by molar-refractivity contribution is 5.99. The Balaban J connectivity index is 2.05. The summed E-state index contributed by atoms with van der Waals surface area (Å²) < 4.78 is 5.51. The minimum atomic E-state index is -0.473. The first-order valence-electron chi connectivity index (χ1n) is 5.80. The fourth-order valence-corrected chi connectivity index (χ4v) is 2.16. The monoisotopic (exact) mass is 248 g/mol. The molecule has 1 aromatic rings. The van der Waals surface area contributed by atoms with Gasteiger partial charge in [-0.05, 0) is 25.8 Å². The van der Waals surface area contributed by atoms with Gasteiger partial charge in [0.05, 0.1) is 10.5 Å². The Morgan fingerprint density at radius 3 is 2.78 bits per heavy atom. The minimum Gasteiger partial charge on any atom is -0.472 e. The Hall–Kier alpha value is -2.11. The molecule has 6 nitrogen and oxygen atoms in total. The van der Waals surface area contributed by atoms with Crippen molar-refractivity contribution in [3.63, 3.8) is 0 Å². The number of nitro benzene ring substituents is 1. The highest BCUT2D eigenvalue weighted by Crippen LogP contribution is 2.36. The van der Waals surface area contributed by atoms with Crippen LogP contribution in [0, 0.1) is 17.0 Å². The van der Waals surface area contributed by atoms with E-state index in [1.54, 1.807) is 17.9 Å². The van der Waals surface area contributed by atoms with Crippen LogP contribution in [0.3, 0.4) is 0 Å². The summed E-state index contributed by atoms with van der Waals surface area (Å²) >= 11 is 0. The Labute approximate surface area is 103 Å². The van der Waals surface area contributed by atoms with Crippen LogP contribution in [0.1, 0.15) is 28.8 Å². The molecule has 3 rings (SSSR count). The number of rotatable bonds is 2. The second-order valence-electron chi connectivity index (χ2n) is 4.67. The zero-order chi connectivity index (χ0) is 12.9. The van der Waals surface area contributed by atoms with Gasteiger partial charge in [0.1, 0.15) is 5.75 Å². The third-order valence-electron chi connectivity index (χ3n) is 3.33. The lowest BCUT2D eigenvalue weighted by atomic mass is 10.1. The molecule has 1 aliphatic carbocycles. The highest BCUT2D eigenvalue weighted by Gasteiger charge is 2.38. The number of aryl methyl sites for hydroxylation is 1. The molecule has 0 atom stereocenters. The van der Waals surface area contributed by atoms with Crippen LogP contribution in [0.2, 0.25) is 0 Å². The maximum Gasteiger partial charge on any atom is 0.273 e. The molecule has 1 aliphatic heterocycles. The summed E-state index contributed by atoms with van der Waals surface area (Å²) in [6.45, 7) is 1.88. The summed E-state index contributed by atoms with van der Waals surface area (Å²) in [6, 6.07) is 3.13. The molecule has 1 aromatic carbocycles. The van der Waals surface area contributed by atoms with Gasteiger partial charge in [-0.2, -0.15) is 0 Å². The van der Waals surface area contributed by atoms with Gasteiger partial charge < -0.3 is 9.64 Å². The molecule has 6 heteroatoms. The summed E-state index contributed by atoms with van der Waals surface area (Å²) in [4.78, 5) is 24.3. The molecule has 18 heavy (non-hydrogen) atoms. The molecule has 0 saturated heterocycles. The van der Waals surface area contributed by atoms with Crippen LogP contribution < -0.4 is 4.74 Å². The van der Waals surface area contributed by atoms with Gasteiger partial charge in [-0.1, -0.05) is 0 Å². The average Bonchev–Trinajstić information content (AvgIpc) is 3.12. The molecule has 2 aliphatic rings. The quantitative estimate of drug-likeness (QED) is 0.591. The Morgan fingerprint density at radius 2 is 2.17 bits per heavy atom. The lowest BCUT2D eigenvalue weighted by Gasteiger charge is -2.28. The van der Waals surface area contributed by atoms with E-state index in [0.717, 1.165) is 12.8 Å². The highest BCUT2D eigenvalue weighted by atomic mass is 16.6. The summed E-state index contributed by atoms with van der Waals surface area (Å²) in [6.07, 6.45) is 1.97. The van der Waals surface area contributed by atoms with Gasteiger partial charge in [0, 0.05) is 17.7 Å². The first-order chi connectivity index (χ1) is 8.58. The number of nitro groups is 1. The van der Waals surface area contributed by atoms with E-state index < -0.39 is 4.92 Å². The van der Waals surface area contributed by atoms with Crippen LogP contribution >= 0.6 is 0 Å². The summed E-state index contributed by atoms with van der Waals surface area (Å²) in [5.74, 6) is 0.279. The third-order valence-corrected chi connectivity index (χ3v) is 3.33. The van der Waals surface area contributed by atoms with Crippen molar-refractivity contribution >= 4 is 11.6 Å². The number of hydrogen-bond donors (Lipinski definition) is 0. The molecular formula is C12H12N2O4. The van der Waals surface area contributed by atoms with Gasteiger partial charge in [0.15, 0.2) is 6.73 Å². The molecule has 1 fully saturated rings. The number of fused-ring (bicyclic) bond motifs is 1. The molecule has 94 valence electrons. The lowest BCUT2D eigenvalue weighted by molar-refractivity contribution is -0.385. The van der Waals surface area contributed by atoms with Crippen molar-refractivity contribution in [3.05, 3.63) is 33.4 Å².